The molecule has 4 heterocycles. The second-order valence-electron chi connectivity index (χ2n) is 6.33. The SMILES string of the molecule is Cc1cc(C2CCCCN2C(=O)Cc2ccsc2)nc2ccnn12. The summed E-state index contributed by atoms with van der Waals surface area (Å²) >= 11 is 1.64. The first-order chi connectivity index (χ1) is 11.7. The Morgan fingerprint density at radius 3 is 3.12 bits per heavy atom. The molecular weight excluding hydrogens is 320 g/mol. The molecule has 0 bridgehead atoms. The number of fused-ring (bicyclic) bond motifs is 1. The van der Waals surface area contributed by atoms with Gasteiger partial charge < -0.3 is 4.90 Å². The predicted octanol–water partition coefficient (Wildman–Crippen LogP) is 3.40. The molecule has 1 aliphatic rings. The number of nitrogens with zero attached hydrogens (tertiary/aromatic N) is 4. The first kappa shape index (κ1) is 15.3. The van der Waals surface area contributed by atoms with E-state index in [0.717, 1.165) is 48.4 Å². The summed E-state index contributed by atoms with van der Waals surface area (Å²) in [5.74, 6) is 0.200. The van der Waals surface area contributed by atoms with E-state index in [9.17, 15) is 4.79 Å². The van der Waals surface area contributed by atoms with Gasteiger partial charge in [0.25, 0.3) is 0 Å². The van der Waals surface area contributed by atoms with Crippen LogP contribution < -0.4 is 0 Å². The van der Waals surface area contributed by atoms with Gasteiger partial charge in [-0.15, -0.1) is 0 Å². The van der Waals surface area contributed by atoms with Crippen LogP contribution in [-0.2, 0) is 11.2 Å². The summed E-state index contributed by atoms with van der Waals surface area (Å²) in [5.41, 5.74) is 3.99. The van der Waals surface area contributed by atoms with Crippen LogP contribution in [-0.4, -0.2) is 31.9 Å². The van der Waals surface area contributed by atoms with Crippen molar-refractivity contribution in [1.29, 1.82) is 0 Å². The molecule has 1 fully saturated rings. The van der Waals surface area contributed by atoms with Gasteiger partial charge in [-0.25, -0.2) is 9.50 Å². The summed E-state index contributed by atoms with van der Waals surface area (Å²) < 4.78 is 1.84. The van der Waals surface area contributed by atoms with Gasteiger partial charge in [-0.1, -0.05) is 0 Å². The molecule has 3 aromatic rings. The number of aryl methyl sites for hydroxylation is 1. The number of amides is 1. The molecule has 0 aromatic carbocycles. The zero-order chi connectivity index (χ0) is 16.5. The van der Waals surface area contributed by atoms with Crippen LogP contribution in [0.1, 0.15) is 42.3 Å². The monoisotopic (exact) mass is 340 g/mol. The third-order valence-corrected chi connectivity index (χ3v) is 5.39. The van der Waals surface area contributed by atoms with Crippen molar-refractivity contribution >= 4 is 22.9 Å². The highest BCUT2D eigenvalue weighted by Gasteiger charge is 2.29. The highest BCUT2D eigenvalue weighted by molar-refractivity contribution is 7.08. The quantitative estimate of drug-likeness (QED) is 0.734. The molecule has 24 heavy (non-hydrogen) atoms. The van der Waals surface area contributed by atoms with Crippen molar-refractivity contribution in [2.45, 2.75) is 38.6 Å². The van der Waals surface area contributed by atoms with Crippen molar-refractivity contribution in [3.63, 3.8) is 0 Å². The van der Waals surface area contributed by atoms with E-state index >= 15 is 0 Å². The lowest BCUT2D eigenvalue weighted by atomic mass is 9.97. The Balaban J connectivity index is 1.64. The lowest BCUT2D eigenvalue weighted by Crippen LogP contribution is -2.39. The maximum atomic E-state index is 12.8. The average Bonchev–Trinajstić information content (AvgIpc) is 3.26. The molecule has 1 saturated heterocycles. The first-order valence-electron chi connectivity index (χ1n) is 8.34. The third-order valence-electron chi connectivity index (χ3n) is 4.66. The lowest BCUT2D eigenvalue weighted by Gasteiger charge is -2.35. The number of hydrogen-bond donors (Lipinski definition) is 0. The Kier molecular flexibility index (Phi) is 4.06. The number of hydrogen-bond acceptors (Lipinski definition) is 4. The number of piperidine rings is 1. The van der Waals surface area contributed by atoms with Gasteiger partial charge in [0.15, 0.2) is 5.65 Å². The summed E-state index contributed by atoms with van der Waals surface area (Å²) in [6.45, 7) is 2.85. The average molecular weight is 340 g/mol. The van der Waals surface area contributed by atoms with Crippen LogP contribution in [0.2, 0.25) is 0 Å². The van der Waals surface area contributed by atoms with E-state index < -0.39 is 0 Å². The summed E-state index contributed by atoms with van der Waals surface area (Å²) in [6.07, 6.45) is 5.43. The van der Waals surface area contributed by atoms with Gasteiger partial charge in [0.1, 0.15) is 0 Å². The van der Waals surface area contributed by atoms with Crippen molar-refractivity contribution in [2.24, 2.45) is 0 Å². The highest BCUT2D eigenvalue weighted by atomic mass is 32.1. The van der Waals surface area contributed by atoms with Gasteiger partial charge in [0, 0.05) is 18.3 Å². The molecule has 1 aliphatic heterocycles. The summed E-state index contributed by atoms with van der Waals surface area (Å²) in [4.78, 5) is 19.6. The number of likely N-dealkylation sites (tertiary alicyclic amines) is 1. The number of carbonyl (C=O) groups is 1. The van der Waals surface area contributed by atoms with Gasteiger partial charge in [0.05, 0.1) is 24.4 Å². The molecule has 5 nitrogen and oxygen atoms in total. The van der Waals surface area contributed by atoms with Crippen molar-refractivity contribution in [3.05, 3.63) is 52.1 Å². The second kappa shape index (κ2) is 6.36. The molecule has 124 valence electrons. The third kappa shape index (κ3) is 2.82. The molecule has 0 saturated carbocycles. The van der Waals surface area contributed by atoms with Gasteiger partial charge in [0.2, 0.25) is 5.91 Å². The van der Waals surface area contributed by atoms with Crippen molar-refractivity contribution in [2.75, 3.05) is 6.54 Å². The number of thiophene rings is 1. The van der Waals surface area contributed by atoms with Gasteiger partial charge in [-0.05, 0) is 54.6 Å². The lowest BCUT2D eigenvalue weighted by molar-refractivity contribution is -0.134. The fraction of sp³-hybridized carbons (Fsp3) is 0.389. The molecular formula is C18H20N4OS. The van der Waals surface area contributed by atoms with Gasteiger partial charge in [-0.2, -0.15) is 16.4 Å². The van der Waals surface area contributed by atoms with E-state index in [0.29, 0.717) is 6.42 Å². The van der Waals surface area contributed by atoms with Crippen LogP contribution in [0, 0.1) is 6.92 Å². The van der Waals surface area contributed by atoms with E-state index in [1.807, 2.05) is 33.9 Å². The minimum absolute atomic E-state index is 0.0727. The molecule has 3 aromatic heterocycles. The predicted molar refractivity (Wildman–Crippen MR) is 94.1 cm³/mol. The van der Waals surface area contributed by atoms with Crippen LogP contribution in [0.25, 0.3) is 5.65 Å². The fourth-order valence-corrected chi connectivity index (χ4v) is 4.14. The summed E-state index contributed by atoms with van der Waals surface area (Å²) in [7, 11) is 0. The first-order valence-corrected chi connectivity index (χ1v) is 9.28. The standard InChI is InChI=1S/C18H20N4OS/c1-13-10-15(20-17-5-7-19-22(13)17)16-4-2-3-8-21(16)18(23)11-14-6-9-24-12-14/h5-7,9-10,12,16H,2-4,8,11H2,1H3. The van der Waals surface area contributed by atoms with Crippen LogP contribution >= 0.6 is 11.3 Å². The number of carbonyl (C=O) groups excluding carboxylic acids is 1. The maximum absolute atomic E-state index is 12.8. The van der Waals surface area contributed by atoms with Gasteiger partial charge >= 0.3 is 0 Å². The normalized spacial score (nSPS) is 18.2. The summed E-state index contributed by atoms with van der Waals surface area (Å²) in [5, 5.41) is 8.36. The van der Waals surface area contributed by atoms with E-state index in [4.69, 9.17) is 4.98 Å². The number of aromatic nitrogens is 3. The van der Waals surface area contributed by atoms with Crippen LogP contribution in [0.5, 0.6) is 0 Å². The van der Waals surface area contributed by atoms with E-state index in [-0.39, 0.29) is 11.9 Å². The van der Waals surface area contributed by atoms with Crippen LogP contribution in [0.15, 0.2) is 35.2 Å². The fourth-order valence-electron chi connectivity index (χ4n) is 3.47. The smallest absolute Gasteiger partial charge is 0.227 e. The van der Waals surface area contributed by atoms with Crippen molar-refractivity contribution in [3.8, 4) is 0 Å². The molecule has 6 heteroatoms. The minimum Gasteiger partial charge on any atom is -0.334 e. The van der Waals surface area contributed by atoms with Crippen molar-refractivity contribution in [1.82, 2.24) is 19.5 Å². The Morgan fingerprint density at radius 2 is 2.29 bits per heavy atom. The Hall–Kier alpha value is -2.21. The second-order valence-corrected chi connectivity index (χ2v) is 7.11. The van der Waals surface area contributed by atoms with Crippen LogP contribution in [0.3, 0.4) is 0 Å². The zero-order valence-electron chi connectivity index (χ0n) is 13.7. The Labute approximate surface area is 144 Å². The molecule has 1 unspecified atom stereocenters. The molecule has 0 radical (unpaired) electrons. The topological polar surface area (TPSA) is 50.5 Å². The van der Waals surface area contributed by atoms with Crippen LogP contribution in [0.4, 0.5) is 0 Å². The molecule has 1 atom stereocenters. The van der Waals surface area contributed by atoms with Gasteiger partial charge in [-0.3, -0.25) is 4.79 Å². The Morgan fingerprint density at radius 1 is 1.38 bits per heavy atom. The summed E-state index contributed by atoms with van der Waals surface area (Å²) in [6, 6.07) is 6.09. The largest absolute Gasteiger partial charge is 0.334 e. The van der Waals surface area contributed by atoms with E-state index in [2.05, 4.69) is 16.5 Å². The zero-order valence-corrected chi connectivity index (χ0v) is 14.5. The van der Waals surface area contributed by atoms with E-state index in [1.54, 1.807) is 17.5 Å². The Bertz CT molecular complexity index is 855. The van der Waals surface area contributed by atoms with E-state index in [1.165, 1.54) is 0 Å². The molecule has 1 amide bonds. The maximum Gasteiger partial charge on any atom is 0.227 e. The molecule has 0 spiro atoms. The number of rotatable bonds is 3. The minimum atomic E-state index is 0.0727. The molecule has 4 rings (SSSR count). The molecule has 0 aliphatic carbocycles. The molecule has 0 N–H and O–H groups in total. The van der Waals surface area contributed by atoms with Crippen molar-refractivity contribution < 1.29 is 4.79 Å². The highest BCUT2D eigenvalue weighted by Crippen LogP contribution is 2.31.